The van der Waals surface area contributed by atoms with Gasteiger partial charge in [0.2, 0.25) is 11.8 Å². The summed E-state index contributed by atoms with van der Waals surface area (Å²) in [6, 6.07) is 1.22. The summed E-state index contributed by atoms with van der Waals surface area (Å²) >= 11 is 0. The molecular weight excluding hydrogens is 601 g/mol. The molecule has 2 amide bonds. The summed E-state index contributed by atoms with van der Waals surface area (Å²) in [7, 11) is 0. The Hall–Kier alpha value is -3.72. The van der Waals surface area contributed by atoms with Gasteiger partial charge < -0.3 is 15.6 Å². The van der Waals surface area contributed by atoms with E-state index in [1.807, 2.05) is 0 Å². The molecule has 2 heterocycles. The van der Waals surface area contributed by atoms with Gasteiger partial charge >= 0.3 is 6.18 Å². The number of hydrogen-bond acceptors (Lipinski definition) is 6. The van der Waals surface area contributed by atoms with Gasteiger partial charge in [0.1, 0.15) is 22.7 Å². The number of benzene rings is 1. The van der Waals surface area contributed by atoms with Gasteiger partial charge in [-0.05, 0) is 56.7 Å². The lowest BCUT2D eigenvalue weighted by atomic mass is 9.81. The Bertz CT molecular complexity index is 1520. The molecule has 0 radical (unpaired) electrons. The first-order valence-corrected chi connectivity index (χ1v) is 14.2. The molecule has 0 aliphatic heterocycles. The second-order valence-electron chi connectivity index (χ2n) is 12.2. The van der Waals surface area contributed by atoms with E-state index in [0.717, 1.165) is 32.8 Å². The Morgan fingerprint density at radius 1 is 1.09 bits per heavy atom. The first kappa shape index (κ1) is 31.7. The first-order chi connectivity index (χ1) is 20.5. The van der Waals surface area contributed by atoms with Crippen molar-refractivity contribution in [3.8, 4) is 0 Å². The second kappa shape index (κ2) is 11.7. The van der Waals surface area contributed by atoms with E-state index in [0.29, 0.717) is 5.69 Å². The number of halogens is 7. The predicted molar refractivity (Wildman–Crippen MR) is 141 cm³/mol. The number of fused-ring (bicyclic) bond motifs is 1. The third-order valence-electron chi connectivity index (χ3n) is 7.96. The molecule has 0 bridgehead atoms. The number of nitrogens with one attached hydrogen (secondary N) is 3. The molecule has 2 atom stereocenters. The van der Waals surface area contributed by atoms with E-state index in [1.54, 1.807) is 0 Å². The van der Waals surface area contributed by atoms with Crippen molar-refractivity contribution in [1.29, 1.82) is 0 Å². The number of amides is 2. The maximum absolute atomic E-state index is 15.9. The smallest absolute Gasteiger partial charge is 0.352 e. The maximum atomic E-state index is 15.9. The maximum Gasteiger partial charge on any atom is 0.390 e. The highest BCUT2D eigenvalue weighted by Gasteiger charge is 2.42. The molecule has 1 unspecified atom stereocenters. The zero-order valence-electron chi connectivity index (χ0n) is 23.8. The summed E-state index contributed by atoms with van der Waals surface area (Å²) in [5, 5.41) is 12.3. The van der Waals surface area contributed by atoms with Gasteiger partial charge in [-0.25, -0.2) is 27.2 Å². The number of carbonyl (C=O) groups excluding carboxylic acids is 2. The van der Waals surface area contributed by atoms with Gasteiger partial charge in [0.15, 0.2) is 11.5 Å². The number of H-pyrrole nitrogens is 1. The van der Waals surface area contributed by atoms with Crippen LogP contribution in [0.1, 0.15) is 104 Å². The molecule has 2 fully saturated rings. The first-order valence-electron chi connectivity index (χ1n) is 14.2. The van der Waals surface area contributed by atoms with Gasteiger partial charge in [-0.2, -0.15) is 13.2 Å². The monoisotopic (exact) mass is 632 g/mol. The molecule has 3 N–H and O–H groups in total. The van der Waals surface area contributed by atoms with Gasteiger partial charge in [0, 0.05) is 24.3 Å². The minimum Gasteiger partial charge on any atom is -0.352 e. The quantitative estimate of drug-likeness (QED) is 0.230. The molecule has 2 saturated carbocycles. The summed E-state index contributed by atoms with van der Waals surface area (Å²) in [5.74, 6) is -8.63. The van der Waals surface area contributed by atoms with Crippen LogP contribution in [0.4, 0.5) is 30.7 Å². The van der Waals surface area contributed by atoms with Crippen molar-refractivity contribution < 1.29 is 45.0 Å². The van der Waals surface area contributed by atoms with Gasteiger partial charge in [-0.3, -0.25) is 9.59 Å². The van der Waals surface area contributed by atoms with Gasteiger partial charge in [0.05, 0.1) is 30.4 Å². The molecule has 0 spiro atoms. The van der Waals surface area contributed by atoms with Crippen LogP contribution < -0.4 is 10.6 Å². The van der Waals surface area contributed by atoms with Crippen LogP contribution in [-0.2, 0) is 4.79 Å². The molecule has 2 aromatic heterocycles. The lowest BCUT2D eigenvalue weighted by molar-refractivity contribution is -0.148. The van der Waals surface area contributed by atoms with Crippen LogP contribution in [0.15, 0.2) is 16.8 Å². The fourth-order valence-electron chi connectivity index (χ4n) is 5.48. The molecular formula is C28H31F7N6O3. The molecule has 9 nitrogen and oxygen atoms in total. The topological polar surface area (TPSA) is 126 Å². The van der Waals surface area contributed by atoms with Crippen molar-refractivity contribution in [3.05, 3.63) is 40.7 Å². The summed E-state index contributed by atoms with van der Waals surface area (Å²) in [4.78, 5) is 33.1. The normalized spacial score (nSPS) is 19.1. The van der Waals surface area contributed by atoms with E-state index in [2.05, 4.69) is 30.9 Å². The number of imidazole rings is 1. The van der Waals surface area contributed by atoms with Gasteiger partial charge in [-0.1, -0.05) is 11.2 Å². The highest BCUT2D eigenvalue weighted by atomic mass is 19.4. The number of hydrogen-bond donors (Lipinski definition) is 3. The summed E-state index contributed by atoms with van der Waals surface area (Å²) in [6.45, 7) is 1.65. The van der Waals surface area contributed by atoms with Crippen LogP contribution >= 0.6 is 0 Å². The van der Waals surface area contributed by atoms with Crippen LogP contribution in [0.25, 0.3) is 11.0 Å². The third-order valence-corrected chi connectivity index (χ3v) is 7.96. The number of nitrogens with zero attached hydrogens (tertiary/aromatic N) is 3. The average Bonchev–Trinajstić information content (AvgIpc) is 3.47. The summed E-state index contributed by atoms with van der Waals surface area (Å²) < 4.78 is 103. The standard InChI is InChI=1S/C28H31F7N6O3/c1-26(2,30)12-36-24(42)16(11-28(33,34)35)15-5-6-17-21(18(15)29)38-23(37-17)20(14-7-9-27(31,32)10-8-14)39-25(43)22-19(13-3-4-13)40-44-41-22/h5-6,13-14,16,20H,3-4,7-12H2,1-2H3,(H,36,42)(H,37,38)(H,39,43)/t16-,20?/m1/s1. The van der Waals surface area contributed by atoms with Crippen molar-refractivity contribution >= 4 is 22.8 Å². The molecule has 3 aromatic rings. The lowest BCUT2D eigenvalue weighted by Gasteiger charge is -2.33. The zero-order chi connectivity index (χ0) is 32.0. The number of carbonyl (C=O) groups is 2. The van der Waals surface area contributed by atoms with Crippen LogP contribution in [0.5, 0.6) is 0 Å². The Kier molecular flexibility index (Phi) is 8.39. The molecule has 240 valence electrons. The second-order valence-corrected chi connectivity index (χ2v) is 12.2. The van der Waals surface area contributed by atoms with Crippen LogP contribution in [0.3, 0.4) is 0 Å². The fraction of sp³-hybridized carbons (Fsp3) is 0.607. The van der Waals surface area contributed by atoms with Crippen molar-refractivity contribution in [2.24, 2.45) is 5.92 Å². The molecule has 0 saturated heterocycles. The number of alkyl halides is 6. The molecule has 2 aliphatic carbocycles. The van der Waals surface area contributed by atoms with E-state index in [4.69, 9.17) is 4.63 Å². The molecule has 5 rings (SSSR count). The van der Waals surface area contributed by atoms with E-state index in [1.165, 1.54) is 6.07 Å². The fourth-order valence-corrected chi connectivity index (χ4v) is 5.48. The van der Waals surface area contributed by atoms with E-state index >= 15 is 4.39 Å². The van der Waals surface area contributed by atoms with Crippen molar-refractivity contribution in [3.63, 3.8) is 0 Å². The van der Waals surface area contributed by atoms with Gasteiger partial charge in [-0.15, -0.1) is 0 Å². The van der Waals surface area contributed by atoms with E-state index in [-0.39, 0.29) is 35.8 Å². The molecule has 2 aliphatic rings. The Morgan fingerprint density at radius 2 is 1.77 bits per heavy atom. The number of aromatic amines is 1. The van der Waals surface area contributed by atoms with E-state index < -0.39 is 90.2 Å². The Labute approximate surface area is 246 Å². The lowest BCUT2D eigenvalue weighted by Crippen LogP contribution is -2.39. The summed E-state index contributed by atoms with van der Waals surface area (Å²) in [6.07, 6.45) is -5.91. The third kappa shape index (κ3) is 7.32. The van der Waals surface area contributed by atoms with Crippen LogP contribution in [0.2, 0.25) is 0 Å². The van der Waals surface area contributed by atoms with Crippen LogP contribution in [0, 0.1) is 11.7 Å². The van der Waals surface area contributed by atoms with Crippen molar-refractivity contribution in [1.82, 2.24) is 30.9 Å². The molecule has 44 heavy (non-hydrogen) atoms. The molecule has 16 heteroatoms. The Morgan fingerprint density at radius 3 is 2.39 bits per heavy atom. The van der Waals surface area contributed by atoms with Crippen LogP contribution in [-0.4, -0.2) is 56.4 Å². The highest BCUT2D eigenvalue weighted by molar-refractivity contribution is 5.93. The van der Waals surface area contributed by atoms with Crippen molar-refractivity contribution in [2.45, 2.75) is 94.4 Å². The number of aromatic nitrogens is 4. The molecule has 1 aromatic carbocycles. The minimum absolute atomic E-state index is 0.00496. The number of rotatable bonds is 10. The largest absolute Gasteiger partial charge is 0.390 e. The SMILES string of the molecule is CC(C)(F)CNC(=O)[C@H](CC(F)(F)F)c1ccc2[nH]c(C(NC(=O)c3nonc3C3CC3)C3CCC(F)(F)CC3)nc2c1F. The average molecular weight is 633 g/mol. The zero-order valence-corrected chi connectivity index (χ0v) is 23.8. The van der Waals surface area contributed by atoms with E-state index in [9.17, 15) is 35.9 Å². The van der Waals surface area contributed by atoms with Gasteiger partial charge in [0.25, 0.3) is 5.91 Å². The predicted octanol–water partition coefficient (Wildman–Crippen LogP) is 6.16. The summed E-state index contributed by atoms with van der Waals surface area (Å²) in [5.41, 5.74) is -2.61. The minimum atomic E-state index is -4.86. The Balaban J connectivity index is 1.49. The van der Waals surface area contributed by atoms with Crippen molar-refractivity contribution in [2.75, 3.05) is 6.54 Å². The highest BCUT2D eigenvalue weighted by Crippen LogP contribution is 2.43.